The first-order valence-corrected chi connectivity index (χ1v) is 6.79. The first-order chi connectivity index (χ1) is 10.1. The molecule has 0 saturated carbocycles. The molecule has 0 unspecified atom stereocenters. The lowest BCUT2D eigenvalue weighted by Crippen LogP contribution is -2.22. The monoisotopic (exact) mass is 314 g/mol. The van der Waals surface area contributed by atoms with Crippen molar-refractivity contribution in [3.63, 3.8) is 0 Å². The molecule has 6 heteroatoms. The van der Waals surface area contributed by atoms with Crippen molar-refractivity contribution in [2.24, 2.45) is 0 Å². The lowest BCUT2D eigenvalue weighted by Gasteiger charge is -2.11. The maximum absolute atomic E-state index is 9.31. The summed E-state index contributed by atoms with van der Waals surface area (Å²) in [4.78, 5) is 4.29. The van der Waals surface area contributed by atoms with Crippen molar-refractivity contribution in [3.8, 4) is 11.8 Å². The Balaban J connectivity index is 2.41. The van der Waals surface area contributed by atoms with Gasteiger partial charge in [-0.25, -0.2) is 4.98 Å². The van der Waals surface area contributed by atoms with Crippen molar-refractivity contribution in [1.82, 2.24) is 9.55 Å². The van der Waals surface area contributed by atoms with E-state index in [1.54, 1.807) is 30.3 Å². The molecule has 0 aliphatic heterocycles. The van der Waals surface area contributed by atoms with Crippen LogP contribution in [0, 0.1) is 16.7 Å². The molecule has 0 bridgehead atoms. The van der Waals surface area contributed by atoms with Gasteiger partial charge in [-0.15, -0.1) is 0 Å². The second kappa shape index (κ2) is 5.21. The normalized spacial score (nSPS) is 10.5. The number of fused-ring (bicyclic) bond motifs is 1. The van der Waals surface area contributed by atoms with Crippen molar-refractivity contribution >= 4 is 34.1 Å². The third kappa shape index (κ3) is 2.27. The SMILES string of the molecule is N#Cc1nc2ccccc2c(=N)n1-c1ccc(Cl)c(Cl)c1. The number of benzene rings is 2. The number of halogens is 2. The minimum absolute atomic E-state index is 0.122. The van der Waals surface area contributed by atoms with Gasteiger partial charge in [0.25, 0.3) is 0 Å². The van der Waals surface area contributed by atoms with Crippen LogP contribution in [0.25, 0.3) is 16.6 Å². The summed E-state index contributed by atoms with van der Waals surface area (Å²) < 4.78 is 1.45. The summed E-state index contributed by atoms with van der Waals surface area (Å²) in [5, 5.41) is 19.1. The molecule has 0 aliphatic carbocycles. The molecular weight excluding hydrogens is 307 g/mol. The molecule has 102 valence electrons. The molecule has 1 heterocycles. The zero-order chi connectivity index (χ0) is 15.0. The molecular formula is C15H8Cl2N4. The second-order valence-electron chi connectivity index (χ2n) is 4.35. The minimum atomic E-state index is 0.122. The van der Waals surface area contributed by atoms with Gasteiger partial charge in [0.15, 0.2) is 0 Å². The summed E-state index contributed by atoms with van der Waals surface area (Å²) in [7, 11) is 0. The van der Waals surface area contributed by atoms with E-state index in [4.69, 9.17) is 28.6 Å². The van der Waals surface area contributed by atoms with Gasteiger partial charge >= 0.3 is 0 Å². The molecule has 3 rings (SSSR count). The average Bonchev–Trinajstić information content (AvgIpc) is 2.50. The quantitative estimate of drug-likeness (QED) is 0.744. The van der Waals surface area contributed by atoms with E-state index < -0.39 is 0 Å². The zero-order valence-corrected chi connectivity index (χ0v) is 12.2. The van der Waals surface area contributed by atoms with E-state index in [0.29, 0.717) is 26.6 Å². The number of para-hydroxylation sites is 1. The van der Waals surface area contributed by atoms with Crippen LogP contribution >= 0.6 is 23.2 Å². The fourth-order valence-electron chi connectivity index (χ4n) is 2.11. The highest BCUT2D eigenvalue weighted by Gasteiger charge is 2.11. The van der Waals surface area contributed by atoms with Crippen molar-refractivity contribution in [2.45, 2.75) is 0 Å². The summed E-state index contributed by atoms with van der Waals surface area (Å²) >= 11 is 11.9. The van der Waals surface area contributed by atoms with E-state index in [9.17, 15) is 5.26 Å². The van der Waals surface area contributed by atoms with Crippen molar-refractivity contribution in [2.75, 3.05) is 0 Å². The van der Waals surface area contributed by atoms with Gasteiger partial charge in [0.2, 0.25) is 5.82 Å². The highest BCUT2D eigenvalue weighted by atomic mass is 35.5. The third-order valence-corrected chi connectivity index (χ3v) is 3.82. The number of nitrogens with one attached hydrogen (secondary N) is 1. The first kappa shape index (κ1) is 13.6. The Labute approximate surface area is 130 Å². The first-order valence-electron chi connectivity index (χ1n) is 6.03. The van der Waals surface area contributed by atoms with Crippen LogP contribution in [0.5, 0.6) is 0 Å². The highest BCUT2D eigenvalue weighted by molar-refractivity contribution is 6.42. The molecule has 0 fully saturated rings. The van der Waals surface area contributed by atoms with Gasteiger partial charge in [0.1, 0.15) is 11.6 Å². The topological polar surface area (TPSA) is 65.5 Å². The number of aromatic nitrogens is 2. The molecule has 1 N–H and O–H groups in total. The zero-order valence-electron chi connectivity index (χ0n) is 10.6. The van der Waals surface area contributed by atoms with Gasteiger partial charge in [-0.3, -0.25) is 9.98 Å². The maximum atomic E-state index is 9.31. The Morgan fingerprint density at radius 2 is 1.86 bits per heavy atom. The molecule has 0 amide bonds. The van der Waals surface area contributed by atoms with E-state index in [1.165, 1.54) is 4.57 Å². The van der Waals surface area contributed by atoms with Crippen LogP contribution < -0.4 is 5.49 Å². The third-order valence-electron chi connectivity index (χ3n) is 3.08. The molecule has 0 atom stereocenters. The summed E-state index contributed by atoms with van der Waals surface area (Å²) in [5.41, 5.74) is 1.36. The summed E-state index contributed by atoms with van der Waals surface area (Å²) in [5.74, 6) is 0.122. The van der Waals surface area contributed by atoms with Crippen LogP contribution in [0.4, 0.5) is 0 Å². The van der Waals surface area contributed by atoms with Gasteiger partial charge in [0, 0.05) is 5.39 Å². The van der Waals surface area contributed by atoms with Crippen LogP contribution in [0.3, 0.4) is 0 Å². The van der Waals surface area contributed by atoms with E-state index in [0.717, 1.165) is 0 Å². The van der Waals surface area contributed by atoms with Crippen molar-refractivity contribution in [3.05, 3.63) is 63.8 Å². The average molecular weight is 315 g/mol. The summed E-state index contributed by atoms with van der Waals surface area (Å²) in [6, 6.07) is 14.2. The molecule has 2 aromatic carbocycles. The summed E-state index contributed by atoms with van der Waals surface area (Å²) in [6.45, 7) is 0. The van der Waals surface area contributed by atoms with E-state index in [-0.39, 0.29) is 11.3 Å². The van der Waals surface area contributed by atoms with E-state index in [1.807, 2.05) is 18.2 Å². The number of nitrogens with zero attached hydrogens (tertiary/aromatic N) is 3. The van der Waals surface area contributed by atoms with Crippen LogP contribution in [0.15, 0.2) is 42.5 Å². The predicted octanol–water partition coefficient (Wildman–Crippen LogP) is 3.68. The molecule has 3 aromatic rings. The van der Waals surface area contributed by atoms with E-state index in [2.05, 4.69) is 4.98 Å². The lowest BCUT2D eigenvalue weighted by molar-refractivity contribution is 0.887. The molecule has 0 radical (unpaired) electrons. The minimum Gasteiger partial charge on any atom is -0.283 e. The molecule has 0 aliphatic rings. The van der Waals surface area contributed by atoms with Crippen molar-refractivity contribution < 1.29 is 0 Å². The smallest absolute Gasteiger partial charge is 0.219 e. The Hall–Kier alpha value is -2.35. The molecule has 0 saturated heterocycles. The fourth-order valence-corrected chi connectivity index (χ4v) is 2.40. The van der Waals surface area contributed by atoms with Crippen LogP contribution in [-0.4, -0.2) is 9.55 Å². The van der Waals surface area contributed by atoms with Gasteiger partial charge < -0.3 is 0 Å². The Morgan fingerprint density at radius 1 is 1.10 bits per heavy atom. The van der Waals surface area contributed by atoms with Crippen LogP contribution in [0.2, 0.25) is 10.0 Å². The van der Waals surface area contributed by atoms with E-state index >= 15 is 0 Å². The van der Waals surface area contributed by atoms with Crippen LogP contribution in [-0.2, 0) is 0 Å². The van der Waals surface area contributed by atoms with Crippen LogP contribution in [0.1, 0.15) is 5.82 Å². The Bertz CT molecular complexity index is 954. The molecule has 0 spiro atoms. The number of rotatable bonds is 1. The number of hydrogen-bond donors (Lipinski definition) is 1. The van der Waals surface area contributed by atoms with Gasteiger partial charge in [0.05, 0.1) is 21.2 Å². The molecule has 1 aromatic heterocycles. The lowest BCUT2D eigenvalue weighted by atomic mass is 10.2. The Kier molecular flexibility index (Phi) is 3.38. The fraction of sp³-hybridized carbons (Fsp3) is 0. The highest BCUT2D eigenvalue weighted by Crippen LogP contribution is 2.24. The number of nitriles is 1. The predicted molar refractivity (Wildman–Crippen MR) is 81.7 cm³/mol. The second-order valence-corrected chi connectivity index (χ2v) is 5.16. The van der Waals surface area contributed by atoms with Gasteiger partial charge in [-0.2, -0.15) is 5.26 Å². The number of hydrogen-bond acceptors (Lipinski definition) is 3. The molecule has 21 heavy (non-hydrogen) atoms. The van der Waals surface area contributed by atoms with Gasteiger partial charge in [-0.05, 0) is 30.3 Å². The van der Waals surface area contributed by atoms with Crippen molar-refractivity contribution in [1.29, 1.82) is 10.7 Å². The largest absolute Gasteiger partial charge is 0.283 e. The summed E-state index contributed by atoms with van der Waals surface area (Å²) in [6.07, 6.45) is 0. The standard InChI is InChI=1S/C15H8Cl2N4/c16-11-6-5-9(7-12(11)17)21-14(8-18)20-13-4-2-1-3-10(13)15(21)19/h1-7,19H. The van der Waals surface area contributed by atoms with Gasteiger partial charge in [-0.1, -0.05) is 35.3 Å². The molecule has 4 nitrogen and oxygen atoms in total. The Morgan fingerprint density at radius 3 is 2.57 bits per heavy atom. The maximum Gasteiger partial charge on any atom is 0.219 e.